The molecule has 3 amide bonds. The number of benzene rings is 1. The summed E-state index contributed by atoms with van der Waals surface area (Å²) in [6.45, 7) is 1.44. The van der Waals surface area contributed by atoms with E-state index in [2.05, 4.69) is 20.9 Å². The lowest BCUT2D eigenvalue weighted by atomic mass is 9.53. The zero-order chi connectivity index (χ0) is 22.7. The predicted octanol–water partition coefficient (Wildman–Crippen LogP) is 3.56. The van der Waals surface area contributed by atoms with Gasteiger partial charge in [-0.1, -0.05) is 12.1 Å². The molecule has 0 saturated heterocycles. The Balaban J connectivity index is 1.05. The van der Waals surface area contributed by atoms with E-state index < -0.39 is 0 Å². The Morgan fingerprint density at radius 1 is 1.09 bits per heavy atom. The zero-order valence-corrected chi connectivity index (χ0v) is 19.0. The molecule has 0 unspecified atom stereocenters. The summed E-state index contributed by atoms with van der Waals surface area (Å²) in [5.41, 5.74) is 0.611. The van der Waals surface area contributed by atoms with Crippen LogP contribution in [0.4, 0.5) is 10.5 Å². The fraction of sp³-hybridized carbons (Fsp3) is 0.560. The number of anilines is 1. The standard InChI is InChI=1S/C25H33N5O3/c31-23(28-21-3-1-2-4-22(21)33-10-9-30-8-7-26-17-30)5-6-27-24(32)29-25-14-18-11-19(15-25)13-20(12-18)16-25/h1-4,7-8,17-20H,5-6,9-16H2,(H,28,31)(H2,27,29,32). The number of nitrogens with zero attached hydrogens (tertiary/aromatic N) is 2. The zero-order valence-electron chi connectivity index (χ0n) is 19.0. The van der Waals surface area contributed by atoms with Crippen molar-refractivity contribution in [3.05, 3.63) is 43.0 Å². The number of amides is 3. The van der Waals surface area contributed by atoms with E-state index in [1.54, 1.807) is 12.5 Å². The molecule has 6 rings (SSSR count). The Morgan fingerprint density at radius 3 is 2.52 bits per heavy atom. The van der Waals surface area contributed by atoms with Crippen LogP contribution in [0.15, 0.2) is 43.0 Å². The molecule has 4 fully saturated rings. The molecule has 0 aliphatic heterocycles. The molecule has 0 spiro atoms. The molecule has 1 aromatic heterocycles. The van der Waals surface area contributed by atoms with Gasteiger partial charge in [-0.25, -0.2) is 9.78 Å². The maximum atomic E-state index is 12.6. The third-order valence-electron chi connectivity index (χ3n) is 7.38. The van der Waals surface area contributed by atoms with Crippen LogP contribution in [-0.4, -0.2) is 40.2 Å². The first kappa shape index (κ1) is 21.8. The van der Waals surface area contributed by atoms with Crippen molar-refractivity contribution in [3.8, 4) is 5.75 Å². The largest absolute Gasteiger partial charge is 0.490 e. The van der Waals surface area contributed by atoms with Crippen molar-refractivity contribution in [1.29, 1.82) is 0 Å². The van der Waals surface area contributed by atoms with Gasteiger partial charge in [0, 0.05) is 30.9 Å². The maximum Gasteiger partial charge on any atom is 0.315 e. The summed E-state index contributed by atoms with van der Waals surface area (Å²) in [5.74, 6) is 2.81. The number of urea groups is 1. The number of aromatic nitrogens is 2. The smallest absolute Gasteiger partial charge is 0.315 e. The van der Waals surface area contributed by atoms with E-state index in [0.29, 0.717) is 31.1 Å². The number of imidazole rings is 1. The van der Waals surface area contributed by atoms with Crippen LogP contribution in [0.2, 0.25) is 0 Å². The van der Waals surface area contributed by atoms with Gasteiger partial charge in [0.05, 0.1) is 18.6 Å². The molecule has 4 saturated carbocycles. The average molecular weight is 452 g/mol. The first-order chi connectivity index (χ1) is 16.1. The Kier molecular flexibility index (Phi) is 6.24. The number of para-hydroxylation sites is 2. The molecular weight excluding hydrogens is 418 g/mol. The van der Waals surface area contributed by atoms with E-state index in [0.717, 1.165) is 37.0 Å². The summed E-state index contributed by atoms with van der Waals surface area (Å²) >= 11 is 0. The molecule has 1 heterocycles. The van der Waals surface area contributed by atoms with Crippen molar-refractivity contribution in [2.75, 3.05) is 18.5 Å². The van der Waals surface area contributed by atoms with E-state index in [1.165, 1.54) is 19.3 Å². The van der Waals surface area contributed by atoms with Gasteiger partial charge in [0.2, 0.25) is 5.91 Å². The topological polar surface area (TPSA) is 97.3 Å². The lowest BCUT2D eigenvalue weighted by Gasteiger charge is -2.56. The van der Waals surface area contributed by atoms with Crippen LogP contribution >= 0.6 is 0 Å². The molecule has 4 aliphatic rings. The molecule has 2 aromatic rings. The van der Waals surface area contributed by atoms with E-state index in [9.17, 15) is 9.59 Å². The first-order valence-electron chi connectivity index (χ1n) is 12.1. The molecule has 3 N–H and O–H groups in total. The summed E-state index contributed by atoms with van der Waals surface area (Å²) < 4.78 is 7.78. The third-order valence-corrected chi connectivity index (χ3v) is 7.38. The number of carbonyl (C=O) groups is 2. The van der Waals surface area contributed by atoms with Gasteiger partial charge in [-0.2, -0.15) is 0 Å². The van der Waals surface area contributed by atoms with Crippen LogP contribution in [0.25, 0.3) is 0 Å². The van der Waals surface area contributed by atoms with E-state index in [-0.39, 0.29) is 23.9 Å². The normalized spacial score (nSPS) is 27.2. The van der Waals surface area contributed by atoms with E-state index >= 15 is 0 Å². The van der Waals surface area contributed by atoms with Gasteiger partial charge in [-0.15, -0.1) is 0 Å². The third kappa shape index (κ3) is 5.31. The number of carbonyl (C=O) groups excluding carboxylic acids is 2. The quantitative estimate of drug-likeness (QED) is 0.543. The van der Waals surface area contributed by atoms with Crippen molar-refractivity contribution in [1.82, 2.24) is 20.2 Å². The second-order valence-electron chi connectivity index (χ2n) is 10.0. The first-order valence-corrected chi connectivity index (χ1v) is 12.1. The summed E-state index contributed by atoms with van der Waals surface area (Å²) in [5, 5.41) is 9.07. The van der Waals surface area contributed by atoms with Crippen LogP contribution in [0, 0.1) is 17.8 Å². The summed E-state index contributed by atoms with van der Waals surface area (Å²) in [7, 11) is 0. The number of hydrogen-bond acceptors (Lipinski definition) is 4. The van der Waals surface area contributed by atoms with Crippen molar-refractivity contribution >= 4 is 17.6 Å². The van der Waals surface area contributed by atoms with Crippen molar-refractivity contribution in [3.63, 3.8) is 0 Å². The van der Waals surface area contributed by atoms with Crippen LogP contribution in [0.5, 0.6) is 5.75 Å². The Labute approximate surface area is 194 Å². The SMILES string of the molecule is O=C(CCNC(=O)NC12CC3CC(CC(C3)C1)C2)Nc1ccccc1OCCn1ccnc1. The van der Waals surface area contributed by atoms with Gasteiger partial charge in [0.15, 0.2) is 0 Å². The van der Waals surface area contributed by atoms with Crippen molar-refractivity contribution in [2.24, 2.45) is 17.8 Å². The molecular formula is C25H33N5O3. The van der Waals surface area contributed by atoms with E-state index in [4.69, 9.17) is 4.74 Å². The minimum absolute atomic E-state index is 0.0198. The molecule has 4 bridgehead atoms. The summed E-state index contributed by atoms with van der Waals surface area (Å²) in [6, 6.07) is 7.24. The monoisotopic (exact) mass is 451 g/mol. The van der Waals surface area contributed by atoms with Gasteiger partial charge in [0.25, 0.3) is 0 Å². The molecule has 4 aliphatic carbocycles. The van der Waals surface area contributed by atoms with Gasteiger partial charge in [-0.05, 0) is 68.4 Å². The van der Waals surface area contributed by atoms with Crippen LogP contribution < -0.4 is 20.7 Å². The van der Waals surface area contributed by atoms with Crippen molar-refractivity contribution < 1.29 is 14.3 Å². The van der Waals surface area contributed by atoms with Gasteiger partial charge < -0.3 is 25.3 Å². The Hall–Kier alpha value is -3.03. The molecule has 1 aromatic carbocycles. The molecule has 0 atom stereocenters. The number of hydrogen-bond donors (Lipinski definition) is 3. The fourth-order valence-corrected chi connectivity index (χ4v) is 6.43. The highest BCUT2D eigenvalue weighted by molar-refractivity contribution is 5.92. The highest BCUT2D eigenvalue weighted by atomic mass is 16.5. The molecule has 33 heavy (non-hydrogen) atoms. The van der Waals surface area contributed by atoms with Crippen LogP contribution in [0.1, 0.15) is 44.9 Å². The number of nitrogens with one attached hydrogen (secondary N) is 3. The predicted molar refractivity (Wildman–Crippen MR) is 125 cm³/mol. The molecule has 176 valence electrons. The minimum atomic E-state index is -0.157. The van der Waals surface area contributed by atoms with Crippen LogP contribution in [0.3, 0.4) is 0 Å². The highest BCUT2D eigenvalue weighted by Crippen LogP contribution is 2.55. The Bertz CT molecular complexity index is 939. The second kappa shape index (κ2) is 9.45. The van der Waals surface area contributed by atoms with Crippen molar-refractivity contribution in [2.45, 2.75) is 57.0 Å². The number of ether oxygens (including phenoxy) is 1. The van der Waals surface area contributed by atoms with E-state index in [1.807, 2.05) is 35.0 Å². The summed E-state index contributed by atoms with van der Waals surface area (Å²) in [4.78, 5) is 29.0. The highest BCUT2D eigenvalue weighted by Gasteiger charge is 2.51. The van der Waals surface area contributed by atoms with Crippen LogP contribution in [-0.2, 0) is 11.3 Å². The minimum Gasteiger partial charge on any atom is -0.490 e. The summed E-state index contributed by atoms with van der Waals surface area (Å²) in [6.07, 6.45) is 12.9. The van der Waals surface area contributed by atoms with Gasteiger partial charge in [-0.3, -0.25) is 4.79 Å². The maximum absolute atomic E-state index is 12.6. The molecule has 0 radical (unpaired) electrons. The number of rotatable bonds is 9. The van der Waals surface area contributed by atoms with Gasteiger partial charge in [0.1, 0.15) is 12.4 Å². The Morgan fingerprint density at radius 2 is 1.82 bits per heavy atom. The lowest BCUT2D eigenvalue weighted by Crippen LogP contribution is -2.61. The van der Waals surface area contributed by atoms with Gasteiger partial charge >= 0.3 is 6.03 Å². The molecule has 8 heteroatoms. The fourth-order valence-electron chi connectivity index (χ4n) is 6.43. The average Bonchev–Trinajstić information content (AvgIpc) is 3.27. The second-order valence-corrected chi connectivity index (χ2v) is 10.0. The molecule has 8 nitrogen and oxygen atoms in total. The lowest BCUT2D eigenvalue weighted by molar-refractivity contribution is -0.116.